The molecule has 4 rings (SSSR count). The van der Waals surface area contributed by atoms with E-state index in [1.54, 1.807) is 7.11 Å². The normalized spacial score (nSPS) is 10.9. The number of amides is 1. The van der Waals surface area contributed by atoms with Gasteiger partial charge in [0.2, 0.25) is 0 Å². The lowest BCUT2D eigenvalue weighted by Gasteiger charge is -2.13. The molecule has 1 aromatic heterocycles. The van der Waals surface area contributed by atoms with E-state index in [2.05, 4.69) is 22.0 Å². The van der Waals surface area contributed by atoms with Crippen LogP contribution in [0.15, 0.2) is 72.8 Å². The van der Waals surface area contributed by atoms with Crippen LogP contribution in [0.3, 0.4) is 0 Å². The number of nitrogens with zero attached hydrogens (tertiary/aromatic N) is 2. The Hall–Kier alpha value is -3.80. The fourth-order valence-electron chi connectivity index (χ4n) is 4.26. The van der Waals surface area contributed by atoms with Crippen molar-refractivity contribution in [3.05, 3.63) is 89.7 Å². The van der Waals surface area contributed by atoms with E-state index in [1.165, 1.54) is 0 Å². The van der Waals surface area contributed by atoms with Crippen molar-refractivity contribution in [2.75, 3.05) is 20.3 Å². The molecule has 182 valence electrons. The van der Waals surface area contributed by atoms with Crippen molar-refractivity contribution in [2.24, 2.45) is 0 Å². The SMILES string of the molecule is COc1ccccc1OCCn1c(CCCCCNC(=O)c2ccccc2C)nc2ccccc21. The molecular formula is C29H33N3O3. The molecule has 6 nitrogen and oxygen atoms in total. The monoisotopic (exact) mass is 471 g/mol. The third kappa shape index (κ3) is 6.21. The average molecular weight is 472 g/mol. The van der Waals surface area contributed by atoms with Crippen molar-refractivity contribution in [1.29, 1.82) is 0 Å². The van der Waals surface area contributed by atoms with Gasteiger partial charge >= 0.3 is 0 Å². The summed E-state index contributed by atoms with van der Waals surface area (Å²) in [6.07, 6.45) is 3.86. The molecule has 0 radical (unpaired) electrons. The third-order valence-electron chi connectivity index (χ3n) is 6.13. The summed E-state index contributed by atoms with van der Waals surface area (Å²) >= 11 is 0. The van der Waals surface area contributed by atoms with Crippen LogP contribution >= 0.6 is 0 Å². The summed E-state index contributed by atoms with van der Waals surface area (Å²) in [6.45, 7) is 3.87. The van der Waals surface area contributed by atoms with Crippen LogP contribution in [0, 0.1) is 6.92 Å². The third-order valence-corrected chi connectivity index (χ3v) is 6.13. The predicted octanol–water partition coefficient (Wildman–Crippen LogP) is 5.58. The van der Waals surface area contributed by atoms with E-state index in [9.17, 15) is 4.79 Å². The van der Waals surface area contributed by atoms with Gasteiger partial charge in [0.25, 0.3) is 5.91 Å². The summed E-state index contributed by atoms with van der Waals surface area (Å²) in [5, 5.41) is 3.04. The van der Waals surface area contributed by atoms with E-state index >= 15 is 0 Å². The molecule has 0 bridgehead atoms. The van der Waals surface area contributed by atoms with Gasteiger partial charge in [-0.05, 0) is 55.7 Å². The first-order valence-electron chi connectivity index (χ1n) is 12.2. The Morgan fingerprint density at radius 2 is 1.66 bits per heavy atom. The molecule has 0 fully saturated rings. The van der Waals surface area contributed by atoms with Gasteiger partial charge in [-0.1, -0.05) is 48.9 Å². The minimum absolute atomic E-state index is 0.0000563. The van der Waals surface area contributed by atoms with E-state index in [-0.39, 0.29) is 5.91 Å². The van der Waals surface area contributed by atoms with Gasteiger partial charge in [-0.15, -0.1) is 0 Å². The van der Waals surface area contributed by atoms with Crippen molar-refractivity contribution >= 4 is 16.9 Å². The van der Waals surface area contributed by atoms with Gasteiger partial charge in [0, 0.05) is 18.5 Å². The number of unbranched alkanes of at least 4 members (excludes halogenated alkanes) is 2. The minimum Gasteiger partial charge on any atom is -0.493 e. The molecule has 0 unspecified atom stereocenters. The van der Waals surface area contributed by atoms with E-state index in [0.29, 0.717) is 19.7 Å². The highest BCUT2D eigenvalue weighted by atomic mass is 16.5. The number of imidazole rings is 1. The van der Waals surface area contributed by atoms with Gasteiger partial charge in [-0.2, -0.15) is 0 Å². The number of para-hydroxylation sites is 4. The van der Waals surface area contributed by atoms with Crippen LogP contribution in [0.1, 0.15) is 41.0 Å². The molecule has 0 aliphatic rings. The van der Waals surface area contributed by atoms with Gasteiger partial charge in [0.15, 0.2) is 11.5 Å². The average Bonchev–Trinajstić information content (AvgIpc) is 3.24. The molecule has 4 aromatic rings. The van der Waals surface area contributed by atoms with Gasteiger partial charge in [0.1, 0.15) is 12.4 Å². The molecule has 0 saturated heterocycles. The fourth-order valence-corrected chi connectivity index (χ4v) is 4.26. The maximum absolute atomic E-state index is 12.4. The van der Waals surface area contributed by atoms with Gasteiger partial charge in [0.05, 0.1) is 24.7 Å². The number of ether oxygens (including phenoxy) is 2. The molecule has 0 aliphatic heterocycles. The topological polar surface area (TPSA) is 65.4 Å². The lowest BCUT2D eigenvalue weighted by atomic mass is 10.1. The van der Waals surface area contributed by atoms with Crippen molar-refractivity contribution in [3.63, 3.8) is 0 Å². The van der Waals surface area contributed by atoms with Crippen LogP contribution in [0.5, 0.6) is 11.5 Å². The molecule has 1 N–H and O–H groups in total. The van der Waals surface area contributed by atoms with E-state index in [0.717, 1.165) is 65.2 Å². The van der Waals surface area contributed by atoms with Crippen LogP contribution in [0.25, 0.3) is 11.0 Å². The van der Waals surface area contributed by atoms with E-state index in [4.69, 9.17) is 14.5 Å². The van der Waals surface area contributed by atoms with Crippen molar-refractivity contribution in [1.82, 2.24) is 14.9 Å². The maximum atomic E-state index is 12.4. The van der Waals surface area contributed by atoms with Crippen molar-refractivity contribution in [2.45, 2.75) is 39.2 Å². The second-order valence-electron chi connectivity index (χ2n) is 8.55. The second kappa shape index (κ2) is 12.1. The Bertz CT molecular complexity index is 1270. The number of carbonyl (C=O) groups excluding carboxylic acids is 1. The minimum atomic E-state index is -0.0000563. The summed E-state index contributed by atoms with van der Waals surface area (Å²) < 4.78 is 13.7. The molecule has 3 aromatic carbocycles. The lowest BCUT2D eigenvalue weighted by molar-refractivity contribution is 0.0952. The molecule has 0 atom stereocenters. The van der Waals surface area contributed by atoms with E-state index in [1.807, 2.05) is 67.6 Å². The number of hydrogen-bond acceptors (Lipinski definition) is 4. The first-order valence-corrected chi connectivity index (χ1v) is 12.2. The molecule has 0 spiro atoms. The van der Waals surface area contributed by atoms with Gasteiger partial charge in [-0.25, -0.2) is 4.98 Å². The summed E-state index contributed by atoms with van der Waals surface area (Å²) in [5.41, 5.74) is 3.87. The Balaban J connectivity index is 1.29. The standard InChI is InChI=1S/C29H33N3O3/c1-22-12-5-6-13-23(22)29(33)30-19-11-3-4-18-28-31-24-14-7-8-15-25(24)32(28)20-21-35-27-17-10-9-16-26(27)34-2/h5-10,12-17H,3-4,11,18-21H2,1-2H3,(H,30,33). The Kier molecular flexibility index (Phi) is 8.39. The number of aromatic nitrogens is 2. The Morgan fingerprint density at radius 1 is 0.914 bits per heavy atom. The second-order valence-corrected chi connectivity index (χ2v) is 8.55. The van der Waals surface area contributed by atoms with Crippen LogP contribution < -0.4 is 14.8 Å². The van der Waals surface area contributed by atoms with Crippen LogP contribution in [0.2, 0.25) is 0 Å². The quantitative estimate of drug-likeness (QED) is 0.274. The number of benzene rings is 3. The maximum Gasteiger partial charge on any atom is 0.251 e. The van der Waals surface area contributed by atoms with Gasteiger partial charge < -0.3 is 19.4 Å². The van der Waals surface area contributed by atoms with Crippen LogP contribution in [-0.4, -0.2) is 35.7 Å². The molecular weight excluding hydrogens is 438 g/mol. The molecule has 35 heavy (non-hydrogen) atoms. The summed E-state index contributed by atoms with van der Waals surface area (Å²) in [6, 6.07) is 23.6. The van der Waals surface area contributed by atoms with E-state index < -0.39 is 0 Å². The zero-order chi connectivity index (χ0) is 24.5. The predicted molar refractivity (Wildman–Crippen MR) is 139 cm³/mol. The Labute approximate surface area is 206 Å². The fraction of sp³-hybridized carbons (Fsp3) is 0.310. The number of carbonyl (C=O) groups is 1. The summed E-state index contributed by atoms with van der Waals surface area (Å²) in [4.78, 5) is 17.2. The number of fused-ring (bicyclic) bond motifs is 1. The molecule has 6 heteroatoms. The van der Waals surface area contributed by atoms with Gasteiger partial charge in [-0.3, -0.25) is 4.79 Å². The highest BCUT2D eigenvalue weighted by molar-refractivity contribution is 5.95. The first-order chi connectivity index (χ1) is 17.2. The zero-order valence-corrected chi connectivity index (χ0v) is 20.5. The number of aryl methyl sites for hydroxylation is 2. The number of rotatable bonds is 12. The highest BCUT2D eigenvalue weighted by Gasteiger charge is 2.12. The number of nitrogens with one attached hydrogen (secondary N) is 1. The number of methoxy groups -OCH3 is 1. The molecule has 1 heterocycles. The molecule has 1 amide bonds. The van der Waals surface area contributed by atoms with Crippen molar-refractivity contribution < 1.29 is 14.3 Å². The summed E-state index contributed by atoms with van der Waals surface area (Å²) in [7, 11) is 1.65. The van der Waals surface area contributed by atoms with Crippen molar-refractivity contribution in [3.8, 4) is 11.5 Å². The number of hydrogen-bond donors (Lipinski definition) is 1. The Morgan fingerprint density at radius 3 is 2.49 bits per heavy atom. The zero-order valence-electron chi connectivity index (χ0n) is 20.5. The summed E-state index contributed by atoms with van der Waals surface area (Å²) in [5.74, 6) is 2.55. The highest BCUT2D eigenvalue weighted by Crippen LogP contribution is 2.26. The lowest BCUT2D eigenvalue weighted by Crippen LogP contribution is -2.25. The van der Waals surface area contributed by atoms with Crippen LogP contribution in [0.4, 0.5) is 0 Å². The first kappa shape index (κ1) is 24.3. The van der Waals surface area contributed by atoms with Crippen LogP contribution in [-0.2, 0) is 13.0 Å². The molecule has 0 saturated carbocycles. The molecule has 0 aliphatic carbocycles. The smallest absolute Gasteiger partial charge is 0.251 e. The largest absolute Gasteiger partial charge is 0.493 e.